The average molecular weight is 542 g/mol. The molecule has 30 heavy (non-hydrogen) atoms. The molecule has 2 heterocycles. The quantitative estimate of drug-likeness (QED) is 0.170. The van der Waals surface area contributed by atoms with Crippen molar-refractivity contribution in [1.29, 1.82) is 0 Å². The molecule has 166 valence electrons. The van der Waals surface area contributed by atoms with E-state index >= 15 is 0 Å². The maximum Gasteiger partial charge on any atom is 0.107 e. The lowest BCUT2D eigenvalue weighted by Gasteiger charge is -2.10. The van der Waals surface area contributed by atoms with E-state index in [2.05, 4.69) is 67.8 Å². The third kappa shape index (κ3) is 9.99. The SMILES string of the molecule is CCCCCCOCc1cc(Br)nc(-c2cc(COCCCCCC)cc(Br)n2)c1. The van der Waals surface area contributed by atoms with Gasteiger partial charge in [0.25, 0.3) is 0 Å². The molecular formula is C24H34Br2N2O2. The molecule has 4 nitrogen and oxygen atoms in total. The number of pyridine rings is 2. The average Bonchev–Trinajstić information content (AvgIpc) is 2.72. The second-order valence-electron chi connectivity index (χ2n) is 7.59. The van der Waals surface area contributed by atoms with Crippen LogP contribution in [0.1, 0.15) is 76.3 Å². The van der Waals surface area contributed by atoms with Gasteiger partial charge in [-0.1, -0.05) is 52.4 Å². The van der Waals surface area contributed by atoms with Crippen LogP contribution < -0.4 is 0 Å². The van der Waals surface area contributed by atoms with Gasteiger partial charge in [0, 0.05) is 13.2 Å². The smallest absolute Gasteiger partial charge is 0.107 e. The van der Waals surface area contributed by atoms with Crippen molar-refractivity contribution in [1.82, 2.24) is 9.97 Å². The number of halogens is 2. The lowest BCUT2D eigenvalue weighted by Crippen LogP contribution is -2.00. The highest BCUT2D eigenvalue weighted by Crippen LogP contribution is 2.24. The Morgan fingerprint density at radius 2 is 1.07 bits per heavy atom. The summed E-state index contributed by atoms with van der Waals surface area (Å²) in [6.07, 6.45) is 9.71. The lowest BCUT2D eigenvalue weighted by atomic mass is 10.1. The Kier molecular flexibility index (Phi) is 12.8. The van der Waals surface area contributed by atoms with Gasteiger partial charge in [-0.05, 0) is 80.1 Å². The molecule has 0 saturated heterocycles. The van der Waals surface area contributed by atoms with Gasteiger partial charge < -0.3 is 9.47 Å². The lowest BCUT2D eigenvalue weighted by molar-refractivity contribution is 0.116. The van der Waals surface area contributed by atoms with E-state index in [1.165, 1.54) is 38.5 Å². The number of rotatable bonds is 15. The zero-order chi connectivity index (χ0) is 21.6. The Balaban J connectivity index is 1.96. The topological polar surface area (TPSA) is 44.2 Å². The molecule has 0 aliphatic rings. The van der Waals surface area contributed by atoms with E-state index in [-0.39, 0.29) is 0 Å². The second kappa shape index (κ2) is 15.1. The molecule has 6 heteroatoms. The van der Waals surface area contributed by atoms with Gasteiger partial charge in [-0.25, -0.2) is 9.97 Å². The van der Waals surface area contributed by atoms with Crippen molar-refractivity contribution in [2.24, 2.45) is 0 Å². The van der Waals surface area contributed by atoms with E-state index in [0.29, 0.717) is 13.2 Å². The van der Waals surface area contributed by atoms with Crippen LogP contribution in [0, 0.1) is 0 Å². The number of aromatic nitrogens is 2. The zero-order valence-corrected chi connectivity index (χ0v) is 21.4. The first-order valence-corrected chi connectivity index (χ1v) is 12.7. The largest absolute Gasteiger partial charge is 0.377 e. The normalized spacial score (nSPS) is 11.2. The molecule has 0 aliphatic heterocycles. The molecule has 0 atom stereocenters. The summed E-state index contributed by atoms with van der Waals surface area (Å²) in [5.74, 6) is 0. The molecule has 0 unspecified atom stereocenters. The van der Waals surface area contributed by atoms with Crippen LogP contribution in [0.3, 0.4) is 0 Å². The number of unbranched alkanes of at least 4 members (excludes halogenated alkanes) is 6. The predicted molar refractivity (Wildman–Crippen MR) is 130 cm³/mol. The minimum absolute atomic E-state index is 0.585. The maximum absolute atomic E-state index is 5.85. The Labute approximate surface area is 198 Å². The molecule has 0 bridgehead atoms. The van der Waals surface area contributed by atoms with Crippen LogP contribution in [-0.2, 0) is 22.7 Å². The summed E-state index contributed by atoms with van der Waals surface area (Å²) in [6.45, 7) is 7.20. The second-order valence-corrected chi connectivity index (χ2v) is 9.22. The third-order valence-electron chi connectivity index (χ3n) is 4.79. The van der Waals surface area contributed by atoms with Crippen molar-refractivity contribution in [2.75, 3.05) is 13.2 Å². The molecule has 0 spiro atoms. The van der Waals surface area contributed by atoms with Gasteiger partial charge in [0.1, 0.15) is 9.21 Å². The summed E-state index contributed by atoms with van der Waals surface area (Å²) >= 11 is 7.06. The molecule has 0 fully saturated rings. The van der Waals surface area contributed by atoms with Crippen molar-refractivity contribution < 1.29 is 9.47 Å². The van der Waals surface area contributed by atoms with Gasteiger partial charge in [0.15, 0.2) is 0 Å². The van der Waals surface area contributed by atoms with Gasteiger partial charge in [0.2, 0.25) is 0 Å². The molecule has 2 aromatic heterocycles. The monoisotopic (exact) mass is 540 g/mol. The van der Waals surface area contributed by atoms with Crippen LogP contribution >= 0.6 is 31.9 Å². The van der Waals surface area contributed by atoms with Crippen LogP contribution in [-0.4, -0.2) is 23.2 Å². The first-order chi connectivity index (χ1) is 14.6. The van der Waals surface area contributed by atoms with Crippen molar-refractivity contribution in [3.05, 3.63) is 44.6 Å². The minimum atomic E-state index is 0.585. The molecule has 2 rings (SSSR count). The molecule has 2 aromatic rings. The maximum atomic E-state index is 5.85. The summed E-state index contributed by atoms with van der Waals surface area (Å²) in [6, 6.07) is 8.13. The van der Waals surface area contributed by atoms with Crippen molar-refractivity contribution in [2.45, 2.75) is 78.4 Å². The van der Waals surface area contributed by atoms with E-state index in [1.54, 1.807) is 0 Å². The minimum Gasteiger partial charge on any atom is -0.377 e. The van der Waals surface area contributed by atoms with Crippen molar-refractivity contribution >= 4 is 31.9 Å². The molecule has 0 N–H and O–H groups in total. The van der Waals surface area contributed by atoms with Gasteiger partial charge in [-0.3, -0.25) is 0 Å². The van der Waals surface area contributed by atoms with Crippen molar-refractivity contribution in [3.8, 4) is 11.4 Å². The highest BCUT2D eigenvalue weighted by Gasteiger charge is 2.09. The fourth-order valence-corrected chi connectivity index (χ4v) is 4.14. The van der Waals surface area contributed by atoms with E-state index in [4.69, 9.17) is 9.47 Å². The van der Waals surface area contributed by atoms with Crippen LogP contribution in [0.15, 0.2) is 33.5 Å². The summed E-state index contributed by atoms with van der Waals surface area (Å²) in [7, 11) is 0. The number of ether oxygens (including phenoxy) is 2. The van der Waals surface area contributed by atoms with E-state index in [1.807, 2.05) is 12.1 Å². The Morgan fingerprint density at radius 3 is 1.47 bits per heavy atom. The van der Waals surface area contributed by atoms with Gasteiger partial charge in [-0.2, -0.15) is 0 Å². The van der Waals surface area contributed by atoms with E-state index in [9.17, 15) is 0 Å². The molecule has 0 aromatic carbocycles. The van der Waals surface area contributed by atoms with Gasteiger partial charge >= 0.3 is 0 Å². The van der Waals surface area contributed by atoms with Crippen LogP contribution in [0.2, 0.25) is 0 Å². The summed E-state index contributed by atoms with van der Waals surface area (Å²) < 4.78 is 13.3. The van der Waals surface area contributed by atoms with E-state index < -0.39 is 0 Å². The fraction of sp³-hybridized carbons (Fsp3) is 0.583. The van der Waals surface area contributed by atoms with Crippen molar-refractivity contribution in [3.63, 3.8) is 0 Å². The van der Waals surface area contributed by atoms with Gasteiger partial charge in [-0.15, -0.1) is 0 Å². The first kappa shape index (κ1) is 25.4. The van der Waals surface area contributed by atoms with Gasteiger partial charge in [0.05, 0.1) is 24.6 Å². The summed E-state index contributed by atoms with van der Waals surface area (Å²) in [5, 5.41) is 0. The Bertz CT molecular complexity index is 692. The molecule has 0 radical (unpaired) electrons. The first-order valence-electron chi connectivity index (χ1n) is 11.1. The number of hydrogen-bond donors (Lipinski definition) is 0. The highest BCUT2D eigenvalue weighted by molar-refractivity contribution is 9.10. The zero-order valence-electron chi connectivity index (χ0n) is 18.3. The highest BCUT2D eigenvalue weighted by atomic mass is 79.9. The van der Waals surface area contributed by atoms with Crippen LogP contribution in [0.25, 0.3) is 11.4 Å². The predicted octanol–water partition coefficient (Wildman–Crippen LogP) is 7.86. The molecule has 0 aliphatic carbocycles. The number of nitrogens with zero attached hydrogens (tertiary/aromatic N) is 2. The summed E-state index contributed by atoms with van der Waals surface area (Å²) in [4.78, 5) is 9.24. The molecule has 0 amide bonds. The van der Waals surface area contributed by atoms with Crippen LogP contribution in [0.5, 0.6) is 0 Å². The Hall–Kier alpha value is -0.820. The standard InChI is InChI=1S/C24H34Br2N2O2/c1-3-5-7-9-11-29-17-19-13-21(27-23(25)15-19)22-14-20(16-24(26)28-22)18-30-12-10-8-6-4-2/h13-16H,3-12,17-18H2,1-2H3. The van der Waals surface area contributed by atoms with E-state index in [0.717, 1.165) is 57.8 Å². The third-order valence-corrected chi connectivity index (χ3v) is 5.60. The molecular weight excluding hydrogens is 508 g/mol. The Morgan fingerprint density at radius 1 is 0.633 bits per heavy atom. The van der Waals surface area contributed by atoms with Crippen LogP contribution in [0.4, 0.5) is 0 Å². The molecule has 0 saturated carbocycles. The fourth-order valence-electron chi connectivity index (χ4n) is 3.17. The number of hydrogen-bond acceptors (Lipinski definition) is 4. The summed E-state index contributed by atoms with van der Waals surface area (Å²) in [5.41, 5.74) is 3.86.